The molecule has 38 heavy (non-hydrogen) atoms. The van der Waals surface area contributed by atoms with Crippen molar-refractivity contribution in [1.82, 2.24) is 4.98 Å². The number of phenols is 1. The van der Waals surface area contributed by atoms with Gasteiger partial charge in [0.05, 0.1) is 12.3 Å². The second-order valence-corrected chi connectivity index (χ2v) is 10.8. The van der Waals surface area contributed by atoms with Gasteiger partial charge in [0.1, 0.15) is 11.5 Å². The Morgan fingerprint density at radius 1 is 0.789 bits per heavy atom. The molecule has 3 aromatic carbocycles. The number of phenolic OH excluding ortho intramolecular Hbond substituents is 1. The highest BCUT2D eigenvalue weighted by molar-refractivity contribution is 7.98. The molecular weight excluding hydrogens is 486 g/mol. The normalized spacial score (nSPS) is 13.2. The molecule has 0 fully saturated rings. The van der Waals surface area contributed by atoms with Gasteiger partial charge in [0.2, 0.25) is 0 Å². The summed E-state index contributed by atoms with van der Waals surface area (Å²) < 4.78 is 6.08. The average Bonchev–Trinajstić information content (AvgIpc) is 3.15. The molecule has 1 N–H and O–H groups in total. The molecular formula is C34H35NO2S. The highest BCUT2D eigenvalue weighted by Crippen LogP contribution is 2.41. The lowest BCUT2D eigenvalue weighted by atomic mass is 9.88. The molecule has 1 heterocycles. The van der Waals surface area contributed by atoms with E-state index in [4.69, 9.17) is 4.74 Å². The van der Waals surface area contributed by atoms with E-state index < -0.39 is 0 Å². The quantitative estimate of drug-likeness (QED) is 0.201. The second kappa shape index (κ2) is 13.3. The summed E-state index contributed by atoms with van der Waals surface area (Å²) >= 11 is 1.95. The smallest absolute Gasteiger partial charge is 0.119 e. The third kappa shape index (κ3) is 6.87. The largest absolute Gasteiger partial charge is 0.508 e. The van der Waals surface area contributed by atoms with Crippen molar-refractivity contribution in [1.29, 1.82) is 0 Å². The van der Waals surface area contributed by atoms with Crippen LogP contribution in [0, 0.1) is 0 Å². The van der Waals surface area contributed by atoms with Gasteiger partial charge in [-0.3, -0.25) is 4.98 Å². The number of aryl methyl sites for hydroxylation is 1. The van der Waals surface area contributed by atoms with Gasteiger partial charge in [-0.2, -0.15) is 11.8 Å². The van der Waals surface area contributed by atoms with Gasteiger partial charge in [0.25, 0.3) is 0 Å². The first-order valence-corrected chi connectivity index (χ1v) is 14.7. The van der Waals surface area contributed by atoms with Gasteiger partial charge in [-0.25, -0.2) is 0 Å². The number of fused-ring (bicyclic) bond motifs is 1. The third-order valence-electron chi connectivity index (χ3n) is 6.98. The topological polar surface area (TPSA) is 42.4 Å². The molecule has 1 aliphatic rings. The summed E-state index contributed by atoms with van der Waals surface area (Å²) in [5.74, 6) is 3.39. The van der Waals surface area contributed by atoms with Crippen molar-refractivity contribution in [2.45, 2.75) is 44.3 Å². The number of ether oxygens (including phenoxy) is 1. The van der Waals surface area contributed by atoms with Gasteiger partial charge in [0, 0.05) is 11.9 Å². The fourth-order valence-corrected chi connectivity index (χ4v) is 6.02. The first kappa shape index (κ1) is 26.1. The zero-order chi connectivity index (χ0) is 26.0. The molecule has 4 aromatic rings. The Balaban J connectivity index is 1.21. The fourth-order valence-electron chi connectivity index (χ4n) is 5.08. The maximum Gasteiger partial charge on any atom is 0.119 e. The van der Waals surface area contributed by atoms with Crippen LogP contribution in [0.1, 0.15) is 60.1 Å². The first-order chi connectivity index (χ1) is 18.8. The Kier molecular flexibility index (Phi) is 9.17. The van der Waals surface area contributed by atoms with Crippen LogP contribution in [-0.2, 0) is 12.2 Å². The number of aromatic nitrogens is 1. The molecule has 0 amide bonds. The Morgan fingerprint density at radius 3 is 2.45 bits per heavy atom. The maximum absolute atomic E-state index is 10.1. The van der Waals surface area contributed by atoms with Crippen molar-refractivity contribution in [3.8, 4) is 11.5 Å². The van der Waals surface area contributed by atoms with Crippen LogP contribution in [0.4, 0.5) is 0 Å². The van der Waals surface area contributed by atoms with E-state index in [-0.39, 0.29) is 0 Å². The van der Waals surface area contributed by atoms with Crippen LogP contribution in [0.3, 0.4) is 0 Å². The summed E-state index contributed by atoms with van der Waals surface area (Å²) in [5.41, 5.74) is 8.67. The first-order valence-electron chi connectivity index (χ1n) is 13.6. The zero-order valence-electron chi connectivity index (χ0n) is 21.8. The Labute approximate surface area is 230 Å². The monoisotopic (exact) mass is 521 g/mol. The molecule has 5 rings (SSSR count). The lowest BCUT2D eigenvalue weighted by molar-refractivity contribution is 0.306. The van der Waals surface area contributed by atoms with Crippen molar-refractivity contribution in [3.05, 3.63) is 125 Å². The number of allylic oxidation sites excluding steroid dienone is 1. The number of pyridine rings is 1. The number of unbranched alkanes of at least 4 members (excludes halogenated alkanes) is 2. The summed E-state index contributed by atoms with van der Waals surface area (Å²) in [4.78, 5) is 4.38. The minimum atomic E-state index is 0.335. The summed E-state index contributed by atoms with van der Waals surface area (Å²) in [6, 6.07) is 31.2. The second-order valence-electron chi connectivity index (χ2n) is 9.72. The number of rotatable bonds is 11. The maximum atomic E-state index is 10.1. The van der Waals surface area contributed by atoms with Gasteiger partial charge < -0.3 is 9.84 Å². The highest BCUT2D eigenvalue weighted by Gasteiger charge is 2.20. The number of aromatic hydroxyl groups is 1. The van der Waals surface area contributed by atoms with Crippen LogP contribution < -0.4 is 4.74 Å². The molecule has 0 atom stereocenters. The van der Waals surface area contributed by atoms with E-state index in [1.165, 1.54) is 46.2 Å². The molecule has 194 valence electrons. The molecule has 0 saturated carbocycles. The summed E-state index contributed by atoms with van der Waals surface area (Å²) in [6.45, 7) is 0.740. The van der Waals surface area contributed by atoms with E-state index in [9.17, 15) is 5.11 Å². The predicted molar refractivity (Wildman–Crippen MR) is 160 cm³/mol. The molecule has 0 unspecified atom stereocenters. The van der Waals surface area contributed by atoms with Crippen LogP contribution in [0.25, 0.3) is 11.1 Å². The van der Waals surface area contributed by atoms with Gasteiger partial charge in [-0.15, -0.1) is 0 Å². The zero-order valence-corrected chi connectivity index (χ0v) is 22.6. The van der Waals surface area contributed by atoms with E-state index >= 15 is 0 Å². The van der Waals surface area contributed by atoms with Gasteiger partial charge >= 0.3 is 0 Å². The molecule has 1 aromatic heterocycles. The van der Waals surface area contributed by atoms with Crippen LogP contribution in [0.15, 0.2) is 97.2 Å². The number of nitrogens with zero attached hydrogens (tertiary/aromatic N) is 1. The molecule has 3 nitrogen and oxygen atoms in total. The van der Waals surface area contributed by atoms with E-state index in [2.05, 4.69) is 71.7 Å². The Morgan fingerprint density at radius 2 is 1.63 bits per heavy atom. The number of hydrogen-bond acceptors (Lipinski definition) is 4. The van der Waals surface area contributed by atoms with Gasteiger partial charge in [-0.05, 0) is 114 Å². The van der Waals surface area contributed by atoms with Crippen LogP contribution in [0.5, 0.6) is 11.5 Å². The van der Waals surface area contributed by atoms with Crippen molar-refractivity contribution < 1.29 is 9.84 Å². The van der Waals surface area contributed by atoms with E-state index in [1.54, 1.807) is 6.07 Å². The van der Waals surface area contributed by atoms with Crippen molar-refractivity contribution in [2.24, 2.45) is 0 Å². The summed E-state index contributed by atoms with van der Waals surface area (Å²) in [7, 11) is 0. The lowest BCUT2D eigenvalue weighted by Crippen LogP contribution is -1.99. The molecule has 0 aliphatic heterocycles. The van der Waals surface area contributed by atoms with Crippen molar-refractivity contribution in [2.75, 3.05) is 12.4 Å². The Hall–Kier alpha value is -3.50. The molecule has 0 spiro atoms. The van der Waals surface area contributed by atoms with Crippen LogP contribution in [0.2, 0.25) is 0 Å². The third-order valence-corrected chi connectivity index (χ3v) is 8.05. The molecule has 0 saturated heterocycles. The van der Waals surface area contributed by atoms with Crippen LogP contribution in [-0.4, -0.2) is 22.5 Å². The number of benzene rings is 3. The van der Waals surface area contributed by atoms with E-state index in [0.29, 0.717) is 5.75 Å². The minimum Gasteiger partial charge on any atom is -0.508 e. The molecule has 4 heteroatoms. The van der Waals surface area contributed by atoms with E-state index in [1.807, 2.05) is 36.2 Å². The summed E-state index contributed by atoms with van der Waals surface area (Å²) in [5, 5.41) is 10.1. The molecule has 0 radical (unpaired) electrons. The number of thioether (sulfide) groups is 1. The standard InChI is InChI=1S/C34H35NO2S/c36-30-17-20-33-28(24-30)12-9-14-32(26-10-3-1-4-11-26)34(33)27-15-18-31(19-16-27)37-22-7-2-8-23-38-25-29-13-5-6-21-35-29/h1,3-6,10-11,13,15-21,24,36H,2,7-9,12,14,22-23,25H2. The van der Waals surface area contributed by atoms with Gasteiger partial charge in [0.15, 0.2) is 0 Å². The molecule has 1 aliphatic carbocycles. The highest BCUT2D eigenvalue weighted by atomic mass is 32.2. The van der Waals surface area contributed by atoms with Crippen molar-refractivity contribution >= 4 is 22.9 Å². The SMILES string of the molecule is Oc1ccc2c(c1)CCCC(c1ccccc1)=C2c1ccc(OCCCCCSCc2ccccn2)cc1. The minimum absolute atomic E-state index is 0.335. The van der Waals surface area contributed by atoms with Gasteiger partial charge in [-0.1, -0.05) is 54.6 Å². The predicted octanol–water partition coefficient (Wildman–Crippen LogP) is 8.57. The van der Waals surface area contributed by atoms with Crippen LogP contribution >= 0.6 is 11.8 Å². The fraction of sp³-hybridized carbons (Fsp3) is 0.265. The van der Waals surface area contributed by atoms with Crippen molar-refractivity contribution in [3.63, 3.8) is 0 Å². The summed E-state index contributed by atoms with van der Waals surface area (Å²) in [6.07, 6.45) is 8.33. The van der Waals surface area contributed by atoms with E-state index in [0.717, 1.165) is 55.2 Å². The Bertz CT molecular complexity index is 1330. The number of hydrogen-bond donors (Lipinski definition) is 1. The lowest BCUT2D eigenvalue weighted by Gasteiger charge is -2.17. The average molecular weight is 522 g/mol. The molecule has 0 bridgehead atoms.